The van der Waals surface area contributed by atoms with E-state index in [1.807, 2.05) is 25.7 Å². The van der Waals surface area contributed by atoms with Crippen LogP contribution in [0.3, 0.4) is 0 Å². The van der Waals surface area contributed by atoms with Crippen LogP contribution in [-0.4, -0.2) is 36.2 Å². The number of phenols is 1. The fraction of sp³-hybridized carbons (Fsp3) is 0.625. The van der Waals surface area contributed by atoms with Crippen molar-refractivity contribution in [3.05, 3.63) is 27.7 Å². The first-order valence-electron chi connectivity index (χ1n) is 7.57. The molecule has 0 aliphatic carbocycles. The lowest BCUT2D eigenvalue weighted by Crippen LogP contribution is -2.48. The third-order valence-corrected chi connectivity index (χ3v) is 4.72. The van der Waals surface area contributed by atoms with Crippen LogP contribution in [0.2, 0.25) is 0 Å². The molecule has 1 fully saturated rings. The highest BCUT2D eigenvalue weighted by Gasteiger charge is 2.42. The van der Waals surface area contributed by atoms with E-state index in [0.717, 1.165) is 19.2 Å². The molecule has 1 atom stereocenters. The van der Waals surface area contributed by atoms with Gasteiger partial charge in [0.25, 0.3) is 0 Å². The first-order chi connectivity index (χ1) is 10.5. The molecule has 9 heteroatoms. The van der Waals surface area contributed by atoms with Gasteiger partial charge in [-0.05, 0) is 33.5 Å². The summed E-state index contributed by atoms with van der Waals surface area (Å²) in [4.78, 5) is 2.02. The molecule has 1 heterocycles. The number of nitrogens with one attached hydrogen (secondary N) is 1. The Kier molecular flexibility index (Phi) is 9.05. The zero-order valence-electron chi connectivity index (χ0n) is 14.3. The maximum absolute atomic E-state index is 13.5. The Morgan fingerprint density at radius 1 is 1.12 bits per heavy atom. The van der Waals surface area contributed by atoms with E-state index >= 15 is 0 Å². The molecule has 0 bridgehead atoms. The van der Waals surface area contributed by atoms with Crippen molar-refractivity contribution in [1.82, 2.24) is 10.2 Å². The first-order valence-corrected chi connectivity index (χ1v) is 8.36. The second-order valence-electron chi connectivity index (χ2n) is 6.91. The van der Waals surface area contributed by atoms with Crippen LogP contribution in [-0.2, 0) is 6.18 Å². The van der Waals surface area contributed by atoms with Gasteiger partial charge in [0, 0.05) is 37.8 Å². The summed E-state index contributed by atoms with van der Waals surface area (Å²) in [7, 11) is 0. The summed E-state index contributed by atoms with van der Waals surface area (Å²) in [6, 6.07) is 1.76. The molecule has 1 aliphatic heterocycles. The van der Waals surface area contributed by atoms with Crippen LogP contribution in [0.25, 0.3) is 0 Å². The van der Waals surface area contributed by atoms with Crippen molar-refractivity contribution in [2.45, 2.75) is 33.0 Å². The van der Waals surface area contributed by atoms with Crippen molar-refractivity contribution >= 4 is 40.7 Å². The lowest BCUT2D eigenvalue weighted by molar-refractivity contribution is -0.139. The van der Waals surface area contributed by atoms with E-state index in [0.29, 0.717) is 13.1 Å². The smallest absolute Gasteiger partial charge is 0.416 e. The second kappa shape index (κ2) is 9.13. The predicted octanol–water partition coefficient (Wildman–Crippen LogP) is 5.01. The molecule has 3 nitrogen and oxygen atoms in total. The number of halogens is 6. The van der Waals surface area contributed by atoms with E-state index in [1.54, 1.807) is 0 Å². The minimum Gasteiger partial charge on any atom is -0.506 e. The Labute approximate surface area is 167 Å². The predicted molar refractivity (Wildman–Crippen MR) is 102 cm³/mol. The number of phenolic OH excluding ortho intramolecular Hbond substituents is 1. The number of alkyl halides is 3. The molecule has 0 aromatic heterocycles. The van der Waals surface area contributed by atoms with Crippen molar-refractivity contribution in [1.29, 1.82) is 0 Å². The Hall–Kier alpha value is -0.210. The summed E-state index contributed by atoms with van der Waals surface area (Å²) in [5.41, 5.74) is -1.27. The van der Waals surface area contributed by atoms with Crippen LogP contribution in [0.5, 0.6) is 5.75 Å². The van der Waals surface area contributed by atoms with E-state index in [-0.39, 0.29) is 40.6 Å². The lowest BCUT2D eigenvalue weighted by Gasteiger charge is -2.43. The van der Waals surface area contributed by atoms with Crippen LogP contribution >= 0.6 is 40.7 Å². The molecule has 0 unspecified atom stereocenters. The standard InChI is InChI=1S/C16H22BrF3N2O.2ClH/c1-15(2,3)14(22-8-6-21-7-9-22)12-10(16(18,19)20)4-5-11(17)13(12)23;;/h4-5,14,21,23H,6-9H2,1-3H3;2*1H/t14-;;/m1../s1. The number of aromatic hydroxyl groups is 1. The van der Waals surface area contributed by atoms with E-state index in [4.69, 9.17) is 0 Å². The van der Waals surface area contributed by atoms with Crippen LogP contribution in [0.15, 0.2) is 16.6 Å². The maximum Gasteiger partial charge on any atom is 0.416 e. The number of hydrogen-bond donors (Lipinski definition) is 2. The van der Waals surface area contributed by atoms with E-state index in [1.165, 1.54) is 6.07 Å². The van der Waals surface area contributed by atoms with Crippen molar-refractivity contribution in [3.63, 3.8) is 0 Å². The van der Waals surface area contributed by atoms with E-state index < -0.39 is 23.2 Å². The molecule has 2 rings (SSSR count). The van der Waals surface area contributed by atoms with Gasteiger partial charge in [0.1, 0.15) is 5.75 Å². The summed E-state index contributed by atoms with van der Waals surface area (Å²) in [5.74, 6) is -0.321. The van der Waals surface area contributed by atoms with Crippen molar-refractivity contribution in [2.75, 3.05) is 26.2 Å². The van der Waals surface area contributed by atoms with Gasteiger partial charge in [-0.25, -0.2) is 0 Å². The lowest BCUT2D eigenvalue weighted by atomic mass is 9.78. The first kappa shape index (κ1) is 24.8. The molecule has 2 N–H and O–H groups in total. The van der Waals surface area contributed by atoms with Gasteiger partial charge in [0.05, 0.1) is 10.0 Å². The number of nitrogens with zero attached hydrogens (tertiary/aromatic N) is 1. The molecule has 1 aromatic rings. The molecule has 146 valence electrons. The second-order valence-corrected chi connectivity index (χ2v) is 7.76. The Morgan fingerprint density at radius 2 is 1.64 bits per heavy atom. The molecule has 0 radical (unpaired) electrons. The van der Waals surface area contributed by atoms with Crippen molar-refractivity contribution in [2.24, 2.45) is 5.41 Å². The number of benzene rings is 1. The molecule has 1 aromatic carbocycles. The fourth-order valence-electron chi connectivity index (χ4n) is 3.21. The quantitative estimate of drug-likeness (QED) is 0.641. The van der Waals surface area contributed by atoms with Gasteiger partial charge in [0.2, 0.25) is 0 Å². The number of rotatable bonds is 2. The molecular formula is C16H24BrCl2F3N2O. The molecule has 1 aliphatic rings. The van der Waals surface area contributed by atoms with Gasteiger partial charge in [-0.2, -0.15) is 13.2 Å². The van der Waals surface area contributed by atoms with E-state index in [2.05, 4.69) is 21.2 Å². The third-order valence-electron chi connectivity index (χ3n) is 4.08. The molecule has 0 amide bonds. The monoisotopic (exact) mass is 466 g/mol. The third kappa shape index (κ3) is 5.63. The molecule has 1 saturated heterocycles. The zero-order chi connectivity index (χ0) is 17.4. The topological polar surface area (TPSA) is 35.5 Å². The van der Waals surface area contributed by atoms with Crippen molar-refractivity contribution < 1.29 is 18.3 Å². The van der Waals surface area contributed by atoms with Crippen LogP contribution < -0.4 is 5.32 Å². The highest BCUT2D eigenvalue weighted by Crippen LogP contribution is 2.49. The van der Waals surface area contributed by atoms with Crippen LogP contribution in [0.4, 0.5) is 13.2 Å². The van der Waals surface area contributed by atoms with Gasteiger partial charge in [-0.15, -0.1) is 24.8 Å². The van der Waals surface area contributed by atoms with Gasteiger partial charge in [-0.1, -0.05) is 20.8 Å². The summed E-state index contributed by atoms with van der Waals surface area (Å²) < 4.78 is 40.8. The van der Waals surface area contributed by atoms with Gasteiger partial charge >= 0.3 is 6.18 Å². The fourth-order valence-corrected chi connectivity index (χ4v) is 3.55. The Balaban J connectivity index is 0.00000288. The van der Waals surface area contributed by atoms with Gasteiger partial charge in [0.15, 0.2) is 0 Å². The summed E-state index contributed by atoms with van der Waals surface area (Å²) in [6.07, 6.45) is -4.51. The minimum atomic E-state index is -4.51. The maximum atomic E-state index is 13.5. The van der Waals surface area contributed by atoms with Crippen LogP contribution in [0, 0.1) is 5.41 Å². The van der Waals surface area contributed by atoms with Crippen molar-refractivity contribution in [3.8, 4) is 5.75 Å². The number of hydrogen-bond acceptors (Lipinski definition) is 3. The molecule has 0 saturated carbocycles. The summed E-state index contributed by atoms with van der Waals surface area (Å²) >= 11 is 3.16. The van der Waals surface area contributed by atoms with Crippen LogP contribution in [0.1, 0.15) is 37.9 Å². The molecular weight excluding hydrogens is 444 g/mol. The molecule has 25 heavy (non-hydrogen) atoms. The Morgan fingerprint density at radius 3 is 2.08 bits per heavy atom. The van der Waals surface area contributed by atoms with Gasteiger partial charge < -0.3 is 10.4 Å². The highest BCUT2D eigenvalue weighted by atomic mass is 79.9. The zero-order valence-corrected chi connectivity index (χ0v) is 17.5. The highest BCUT2D eigenvalue weighted by molar-refractivity contribution is 9.10. The minimum absolute atomic E-state index is 0. The normalized spacial score (nSPS) is 17.4. The summed E-state index contributed by atoms with van der Waals surface area (Å²) in [6.45, 7) is 8.45. The summed E-state index contributed by atoms with van der Waals surface area (Å²) in [5, 5.41) is 13.6. The largest absolute Gasteiger partial charge is 0.506 e. The average molecular weight is 468 g/mol. The van der Waals surface area contributed by atoms with E-state index in [9.17, 15) is 18.3 Å². The molecule has 0 spiro atoms. The Bertz CT molecular complexity index is 574. The SMILES string of the molecule is CC(C)(C)[C@@H](c1c(C(F)(F)F)ccc(Br)c1O)N1CCNCC1.Cl.Cl. The van der Waals surface area contributed by atoms with Gasteiger partial charge in [-0.3, -0.25) is 4.90 Å². The average Bonchev–Trinajstić information content (AvgIpc) is 2.42. The number of piperazine rings is 1.